The van der Waals surface area contributed by atoms with Crippen molar-refractivity contribution in [3.63, 3.8) is 0 Å². The molecular weight excluding hydrogens is 285 g/mol. The van der Waals surface area contributed by atoms with Gasteiger partial charge in [-0.3, -0.25) is 9.48 Å². The van der Waals surface area contributed by atoms with E-state index < -0.39 is 0 Å². The minimum atomic E-state index is -0.376. The third-order valence-corrected chi connectivity index (χ3v) is 3.73. The number of likely N-dealkylation sites (tertiary alicyclic amines) is 1. The van der Waals surface area contributed by atoms with Crippen molar-refractivity contribution in [1.82, 2.24) is 14.7 Å². The van der Waals surface area contributed by atoms with Crippen molar-refractivity contribution in [1.29, 1.82) is 0 Å². The van der Waals surface area contributed by atoms with Crippen molar-refractivity contribution in [3.05, 3.63) is 48.5 Å². The SMILES string of the molecule is C[C@@H](Cn1cccn1)C(=O)N1CC(Oc2ccccc2F)C1. The minimum absolute atomic E-state index is 0.0730. The molecule has 6 heteroatoms. The van der Waals surface area contributed by atoms with Crippen molar-refractivity contribution < 1.29 is 13.9 Å². The molecule has 0 bridgehead atoms. The lowest BCUT2D eigenvalue weighted by Crippen LogP contribution is -2.57. The quantitative estimate of drug-likeness (QED) is 0.848. The van der Waals surface area contributed by atoms with Crippen LogP contribution in [0.3, 0.4) is 0 Å². The molecule has 1 aromatic carbocycles. The van der Waals surface area contributed by atoms with Crippen LogP contribution < -0.4 is 4.74 Å². The van der Waals surface area contributed by atoms with Gasteiger partial charge in [0.25, 0.3) is 0 Å². The molecule has 2 aromatic rings. The number of hydrogen-bond donors (Lipinski definition) is 0. The second-order valence-corrected chi connectivity index (χ2v) is 5.54. The number of nitrogens with zero attached hydrogens (tertiary/aromatic N) is 3. The third kappa shape index (κ3) is 3.10. The Kier molecular flexibility index (Phi) is 4.09. The van der Waals surface area contributed by atoms with Crippen LogP contribution in [0, 0.1) is 11.7 Å². The molecule has 0 spiro atoms. The van der Waals surface area contributed by atoms with E-state index in [0.29, 0.717) is 19.6 Å². The predicted octanol–water partition coefficient (Wildman–Crippen LogP) is 1.95. The smallest absolute Gasteiger partial charge is 0.227 e. The van der Waals surface area contributed by atoms with Gasteiger partial charge >= 0.3 is 0 Å². The molecular formula is C16H18FN3O2. The molecule has 0 aliphatic carbocycles. The molecule has 1 aliphatic rings. The number of ether oxygens (including phenoxy) is 1. The maximum atomic E-state index is 13.5. The molecule has 0 N–H and O–H groups in total. The van der Waals surface area contributed by atoms with Crippen molar-refractivity contribution in [2.75, 3.05) is 13.1 Å². The summed E-state index contributed by atoms with van der Waals surface area (Å²) in [7, 11) is 0. The van der Waals surface area contributed by atoms with E-state index in [1.807, 2.05) is 19.2 Å². The Morgan fingerprint density at radius 2 is 2.18 bits per heavy atom. The van der Waals surface area contributed by atoms with Crippen LogP contribution in [0.5, 0.6) is 5.75 Å². The van der Waals surface area contributed by atoms with Crippen molar-refractivity contribution >= 4 is 5.91 Å². The largest absolute Gasteiger partial charge is 0.484 e. The number of benzene rings is 1. The highest BCUT2D eigenvalue weighted by Crippen LogP contribution is 2.22. The van der Waals surface area contributed by atoms with Gasteiger partial charge in [0.2, 0.25) is 5.91 Å². The van der Waals surface area contributed by atoms with E-state index in [1.54, 1.807) is 34.0 Å². The zero-order valence-electron chi connectivity index (χ0n) is 12.4. The molecule has 116 valence electrons. The number of hydrogen-bond acceptors (Lipinski definition) is 3. The standard InChI is InChI=1S/C16H18FN3O2/c1-12(9-20-8-4-7-18-20)16(21)19-10-13(11-19)22-15-6-3-2-5-14(15)17/h2-8,12-13H,9-11H2,1H3/t12-/m0/s1. The normalized spacial score (nSPS) is 16.2. The van der Waals surface area contributed by atoms with E-state index in [-0.39, 0.29) is 29.5 Å². The molecule has 1 atom stereocenters. The van der Waals surface area contributed by atoms with Crippen LogP contribution in [0.2, 0.25) is 0 Å². The first kappa shape index (κ1) is 14.6. The van der Waals surface area contributed by atoms with Crippen LogP contribution in [0.15, 0.2) is 42.7 Å². The molecule has 0 radical (unpaired) electrons. The van der Waals surface area contributed by atoms with Crippen LogP contribution >= 0.6 is 0 Å². The number of amides is 1. The monoisotopic (exact) mass is 303 g/mol. The lowest BCUT2D eigenvalue weighted by molar-refractivity contribution is -0.144. The van der Waals surface area contributed by atoms with E-state index in [4.69, 9.17) is 4.74 Å². The molecule has 1 saturated heterocycles. The molecule has 1 aliphatic heterocycles. The molecule has 1 fully saturated rings. The number of halogens is 1. The van der Waals surface area contributed by atoms with Gasteiger partial charge in [-0.15, -0.1) is 0 Å². The Balaban J connectivity index is 1.48. The number of carbonyl (C=O) groups is 1. The average molecular weight is 303 g/mol. The number of para-hydroxylation sites is 1. The van der Waals surface area contributed by atoms with Crippen LogP contribution in [-0.2, 0) is 11.3 Å². The van der Waals surface area contributed by atoms with Gasteiger partial charge in [-0.05, 0) is 18.2 Å². The number of rotatable bonds is 5. The Morgan fingerprint density at radius 1 is 1.41 bits per heavy atom. The summed E-state index contributed by atoms with van der Waals surface area (Å²) in [6.07, 6.45) is 3.39. The maximum Gasteiger partial charge on any atom is 0.227 e. The molecule has 5 nitrogen and oxygen atoms in total. The van der Waals surface area contributed by atoms with E-state index in [2.05, 4.69) is 5.10 Å². The van der Waals surface area contributed by atoms with Gasteiger partial charge in [0.05, 0.1) is 25.6 Å². The molecule has 2 heterocycles. The molecule has 0 unspecified atom stereocenters. The fourth-order valence-electron chi connectivity index (χ4n) is 2.49. The van der Waals surface area contributed by atoms with E-state index in [1.165, 1.54) is 6.07 Å². The number of aromatic nitrogens is 2. The van der Waals surface area contributed by atoms with Crippen LogP contribution in [-0.4, -0.2) is 39.8 Å². The third-order valence-electron chi connectivity index (χ3n) is 3.73. The summed E-state index contributed by atoms with van der Waals surface area (Å²) >= 11 is 0. The Morgan fingerprint density at radius 3 is 2.86 bits per heavy atom. The zero-order valence-corrected chi connectivity index (χ0v) is 12.4. The summed E-state index contributed by atoms with van der Waals surface area (Å²) < 4.78 is 20.8. The first-order valence-corrected chi connectivity index (χ1v) is 7.31. The summed E-state index contributed by atoms with van der Waals surface area (Å²) in [6.45, 7) is 3.43. The lowest BCUT2D eigenvalue weighted by atomic mass is 10.1. The summed E-state index contributed by atoms with van der Waals surface area (Å²) in [5.41, 5.74) is 0. The van der Waals surface area contributed by atoms with Crippen LogP contribution in [0.4, 0.5) is 4.39 Å². The van der Waals surface area contributed by atoms with Gasteiger partial charge in [-0.2, -0.15) is 5.10 Å². The Bertz CT molecular complexity index is 639. The zero-order chi connectivity index (χ0) is 15.5. The van der Waals surface area contributed by atoms with Crippen molar-refractivity contribution in [3.8, 4) is 5.75 Å². The van der Waals surface area contributed by atoms with Gasteiger partial charge in [-0.25, -0.2) is 4.39 Å². The van der Waals surface area contributed by atoms with Gasteiger partial charge in [-0.1, -0.05) is 19.1 Å². The van der Waals surface area contributed by atoms with Crippen molar-refractivity contribution in [2.24, 2.45) is 5.92 Å². The average Bonchev–Trinajstić information content (AvgIpc) is 2.96. The van der Waals surface area contributed by atoms with Gasteiger partial charge in [0.15, 0.2) is 11.6 Å². The summed E-state index contributed by atoms with van der Waals surface area (Å²) in [6, 6.07) is 8.14. The van der Waals surface area contributed by atoms with Gasteiger partial charge in [0, 0.05) is 12.4 Å². The van der Waals surface area contributed by atoms with E-state index in [0.717, 1.165) is 0 Å². The Labute approximate surface area is 128 Å². The van der Waals surface area contributed by atoms with Gasteiger partial charge in [0.1, 0.15) is 6.10 Å². The predicted molar refractivity (Wildman–Crippen MR) is 78.8 cm³/mol. The molecule has 22 heavy (non-hydrogen) atoms. The molecule has 1 amide bonds. The van der Waals surface area contributed by atoms with E-state index >= 15 is 0 Å². The fourth-order valence-corrected chi connectivity index (χ4v) is 2.49. The topological polar surface area (TPSA) is 47.4 Å². The minimum Gasteiger partial charge on any atom is -0.484 e. The Hall–Kier alpha value is -2.37. The van der Waals surface area contributed by atoms with Crippen LogP contribution in [0.25, 0.3) is 0 Å². The molecule has 0 saturated carbocycles. The first-order valence-electron chi connectivity index (χ1n) is 7.31. The highest BCUT2D eigenvalue weighted by atomic mass is 19.1. The summed E-state index contributed by atoms with van der Waals surface area (Å²) in [5.74, 6) is -0.207. The van der Waals surface area contributed by atoms with Gasteiger partial charge < -0.3 is 9.64 Å². The maximum absolute atomic E-state index is 13.5. The lowest BCUT2D eigenvalue weighted by Gasteiger charge is -2.40. The van der Waals surface area contributed by atoms with Crippen molar-refractivity contribution in [2.45, 2.75) is 19.6 Å². The van der Waals surface area contributed by atoms with Crippen LogP contribution in [0.1, 0.15) is 6.92 Å². The summed E-state index contributed by atoms with van der Waals surface area (Å²) in [5, 5.41) is 4.10. The highest BCUT2D eigenvalue weighted by Gasteiger charge is 2.34. The van der Waals surface area contributed by atoms with E-state index in [9.17, 15) is 9.18 Å². The summed E-state index contributed by atoms with van der Waals surface area (Å²) in [4.78, 5) is 14.0. The molecule has 3 rings (SSSR count). The number of carbonyl (C=O) groups excluding carboxylic acids is 1. The molecule has 1 aromatic heterocycles. The second-order valence-electron chi connectivity index (χ2n) is 5.54. The highest BCUT2D eigenvalue weighted by molar-refractivity contribution is 5.79. The second kappa shape index (κ2) is 6.17. The fraction of sp³-hybridized carbons (Fsp3) is 0.375. The first-order chi connectivity index (χ1) is 10.6.